The highest BCUT2D eigenvalue weighted by atomic mass is 32.2. The van der Waals surface area contributed by atoms with Gasteiger partial charge in [-0.3, -0.25) is 14.6 Å². The van der Waals surface area contributed by atoms with Crippen LogP contribution in [0, 0.1) is 0 Å². The van der Waals surface area contributed by atoms with Crippen molar-refractivity contribution in [1.29, 1.82) is 0 Å². The highest BCUT2D eigenvalue weighted by molar-refractivity contribution is 7.90. The molecule has 0 saturated carbocycles. The van der Waals surface area contributed by atoms with Gasteiger partial charge in [0, 0.05) is 19.2 Å². The minimum atomic E-state index is -3.53. The van der Waals surface area contributed by atoms with Crippen LogP contribution in [0.3, 0.4) is 0 Å². The zero-order valence-electron chi connectivity index (χ0n) is 18.3. The summed E-state index contributed by atoms with van der Waals surface area (Å²) >= 11 is 0. The van der Waals surface area contributed by atoms with Crippen molar-refractivity contribution < 1.29 is 32.6 Å². The third-order valence-corrected chi connectivity index (χ3v) is 5.30. The first-order valence-corrected chi connectivity index (χ1v) is 11.8. The molecule has 0 bridgehead atoms. The summed E-state index contributed by atoms with van der Waals surface area (Å²) in [5.41, 5.74) is 0.736. The molecule has 0 radical (unpaired) electrons. The van der Waals surface area contributed by atoms with Crippen LogP contribution in [0.4, 0.5) is 5.69 Å². The Kier molecular flexibility index (Phi) is 8.56. The summed E-state index contributed by atoms with van der Waals surface area (Å²) in [6, 6.07) is 5.11. The van der Waals surface area contributed by atoms with Crippen LogP contribution in [0.5, 0.6) is 11.5 Å². The van der Waals surface area contributed by atoms with Crippen molar-refractivity contribution >= 4 is 27.3 Å². The lowest BCUT2D eigenvalue weighted by Crippen LogP contribution is -2.34. The van der Waals surface area contributed by atoms with Gasteiger partial charge in [0.2, 0.25) is 5.91 Å². The van der Waals surface area contributed by atoms with Crippen molar-refractivity contribution in [2.24, 2.45) is 0 Å². The van der Waals surface area contributed by atoms with E-state index < -0.39 is 40.1 Å². The second-order valence-electron chi connectivity index (χ2n) is 6.99. The highest BCUT2D eigenvalue weighted by Gasteiger charge is 2.26. The second-order valence-corrected chi connectivity index (χ2v) is 9.18. The van der Waals surface area contributed by atoms with Crippen LogP contribution in [0.15, 0.2) is 30.5 Å². The SMILES string of the molecule is CCOc1cc(C(CS(C)(=O)=O)NC(=O)c2c(CO)cccc2NC(C)=O)ncc1OC. The molecule has 0 saturated heterocycles. The number of pyridine rings is 1. The first kappa shape index (κ1) is 25.1. The highest BCUT2D eigenvalue weighted by Crippen LogP contribution is 2.29. The smallest absolute Gasteiger partial charge is 0.254 e. The van der Waals surface area contributed by atoms with Gasteiger partial charge in [-0.05, 0) is 18.6 Å². The van der Waals surface area contributed by atoms with Gasteiger partial charge in [0.15, 0.2) is 11.5 Å². The van der Waals surface area contributed by atoms with Crippen LogP contribution in [0.2, 0.25) is 0 Å². The third-order valence-electron chi connectivity index (χ3n) is 4.36. The Morgan fingerprint density at radius 3 is 2.53 bits per heavy atom. The molecule has 1 unspecified atom stereocenters. The number of amides is 2. The average molecular weight is 466 g/mol. The molecule has 0 aliphatic carbocycles. The number of aliphatic hydroxyl groups excluding tert-OH is 1. The van der Waals surface area contributed by atoms with Crippen molar-refractivity contribution in [3.63, 3.8) is 0 Å². The molecule has 3 N–H and O–H groups in total. The van der Waals surface area contributed by atoms with E-state index in [1.807, 2.05) is 0 Å². The predicted molar refractivity (Wildman–Crippen MR) is 119 cm³/mol. The predicted octanol–water partition coefficient (Wildman–Crippen LogP) is 1.46. The molecule has 2 rings (SSSR count). The molecule has 10 nitrogen and oxygen atoms in total. The molecular formula is C21H27N3O7S. The molecule has 11 heteroatoms. The summed E-state index contributed by atoms with van der Waals surface area (Å²) in [5.74, 6) is -0.802. The van der Waals surface area contributed by atoms with E-state index in [1.54, 1.807) is 13.0 Å². The number of nitrogens with zero attached hydrogens (tertiary/aromatic N) is 1. The molecule has 2 aromatic rings. The monoisotopic (exact) mass is 465 g/mol. The second kappa shape index (κ2) is 10.9. The molecule has 1 atom stereocenters. The number of ether oxygens (including phenoxy) is 2. The van der Waals surface area contributed by atoms with E-state index in [-0.39, 0.29) is 22.5 Å². The van der Waals surface area contributed by atoms with Crippen LogP contribution in [0.25, 0.3) is 0 Å². The average Bonchev–Trinajstić information content (AvgIpc) is 2.71. The maximum Gasteiger partial charge on any atom is 0.254 e. The van der Waals surface area contributed by atoms with Gasteiger partial charge in [-0.1, -0.05) is 12.1 Å². The first-order valence-electron chi connectivity index (χ1n) is 9.75. The standard InChI is InChI=1S/C21H27N3O7S/c1-5-31-18-9-16(22-10-19(18)30-3)17(12-32(4,28)29)24-21(27)20-14(11-25)7-6-8-15(20)23-13(2)26/h6-10,17,25H,5,11-12H2,1-4H3,(H,23,26)(H,24,27). The topological polar surface area (TPSA) is 144 Å². The Morgan fingerprint density at radius 2 is 1.97 bits per heavy atom. The first-order chi connectivity index (χ1) is 15.1. The number of methoxy groups -OCH3 is 1. The summed E-state index contributed by atoms with van der Waals surface area (Å²) < 4.78 is 34.9. The molecule has 1 heterocycles. The Hall–Kier alpha value is -3.18. The number of aliphatic hydroxyl groups is 1. The fourth-order valence-corrected chi connectivity index (χ4v) is 3.94. The van der Waals surface area contributed by atoms with Gasteiger partial charge in [0.05, 0.1) is 55.3 Å². The lowest BCUT2D eigenvalue weighted by Gasteiger charge is -2.21. The van der Waals surface area contributed by atoms with Gasteiger partial charge < -0.3 is 25.2 Å². The van der Waals surface area contributed by atoms with Gasteiger partial charge in [-0.15, -0.1) is 0 Å². The summed E-state index contributed by atoms with van der Waals surface area (Å²) in [5, 5.41) is 14.9. The van der Waals surface area contributed by atoms with E-state index in [1.165, 1.54) is 38.4 Å². The quantitative estimate of drug-likeness (QED) is 0.478. The number of aromatic nitrogens is 1. The normalized spacial score (nSPS) is 12.0. The molecule has 2 amide bonds. The van der Waals surface area contributed by atoms with E-state index in [4.69, 9.17) is 9.47 Å². The van der Waals surface area contributed by atoms with Crippen LogP contribution in [-0.2, 0) is 21.2 Å². The fraction of sp³-hybridized carbons (Fsp3) is 0.381. The largest absolute Gasteiger partial charge is 0.491 e. The lowest BCUT2D eigenvalue weighted by molar-refractivity contribution is -0.114. The molecule has 0 aliphatic rings. The number of carbonyl (C=O) groups excluding carboxylic acids is 2. The Bertz CT molecular complexity index is 1090. The number of anilines is 1. The molecule has 174 valence electrons. The van der Waals surface area contributed by atoms with Gasteiger partial charge in [-0.2, -0.15) is 0 Å². The van der Waals surface area contributed by atoms with Crippen LogP contribution in [-0.4, -0.2) is 56.0 Å². The minimum Gasteiger partial charge on any atom is -0.491 e. The number of nitrogens with one attached hydrogen (secondary N) is 2. The lowest BCUT2D eigenvalue weighted by atomic mass is 10.0. The fourth-order valence-electron chi connectivity index (χ4n) is 3.08. The zero-order valence-corrected chi connectivity index (χ0v) is 19.2. The Morgan fingerprint density at radius 1 is 1.25 bits per heavy atom. The maximum absolute atomic E-state index is 13.2. The summed E-state index contributed by atoms with van der Waals surface area (Å²) in [4.78, 5) is 29.0. The number of hydrogen-bond acceptors (Lipinski definition) is 8. The molecule has 32 heavy (non-hydrogen) atoms. The van der Waals surface area contributed by atoms with Crippen LogP contribution in [0.1, 0.15) is 41.5 Å². The summed E-state index contributed by atoms with van der Waals surface area (Å²) in [6.45, 7) is 2.95. The number of hydrogen-bond donors (Lipinski definition) is 3. The maximum atomic E-state index is 13.2. The van der Waals surface area contributed by atoms with Crippen molar-refractivity contribution in [2.45, 2.75) is 26.5 Å². The van der Waals surface area contributed by atoms with E-state index in [0.29, 0.717) is 18.1 Å². The minimum absolute atomic E-state index is 0.0299. The van der Waals surface area contributed by atoms with Gasteiger partial charge >= 0.3 is 0 Å². The zero-order chi connectivity index (χ0) is 23.9. The molecule has 1 aromatic heterocycles. The number of carbonyl (C=O) groups is 2. The number of benzene rings is 1. The molecule has 1 aromatic carbocycles. The van der Waals surface area contributed by atoms with Crippen molar-refractivity contribution in [3.05, 3.63) is 47.3 Å². The number of sulfone groups is 1. The van der Waals surface area contributed by atoms with Crippen molar-refractivity contribution in [1.82, 2.24) is 10.3 Å². The van der Waals surface area contributed by atoms with Crippen LogP contribution >= 0.6 is 0 Å². The van der Waals surface area contributed by atoms with Crippen LogP contribution < -0.4 is 20.1 Å². The van der Waals surface area contributed by atoms with E-state index in [0.717, 1.165) is 6.26 Å². The molecule has 0 aliphatic heterocycles. The third kappa shape index (κ3) is 6.66. The van der Waals surface area contributed by atoms with Crippen molar-refractivity contribution in [3.8, 4) is 11.5 Å². The van der Waals surface area contributed by atoms with Gasteiger partial charge in [0.25, 0.3) is 5.91 Å². The molecular weight excluding hydrogens is 438 g/mol. The van der Waals surface area contributed by atoms with E-state index >= 15 is 0 Å². The molecule has 0 fully saturated rings. The van der Waals surface area contributed by atoms with Crippen molar-refractivity contribution in [2.75, 3.05) is 31.0 Å². The summed E-state index contributed by atoms with van der Waals surface area (Å²) in [7, 11) is -2.08. The van der Waals surface area contributed by atoms with E-state index in [9.17, 15) is 23.1 Å². The Labute approximate surface area is 186 Å². The van der Waals surface area contributed by atoms with Gasteiger partial charge in [0.1, 0.15) is 9.84 Å². The number of rotatable bonds is 10. The molecule has 0 spiro atoms. The Balaban J connectivity index is 2.50. The van der Waals surface area contributed by atoms with E-state index in [2.05, 4.69) is 15.6 Å². The summed E-state index contributed by atoms with van der Waals surface area (Å²) in [6.07, 6.45) is 2.43. The van der Waals surface area contributed by atoms with Gasteiger partial charge in [-0.25, -0.2) is 8.42 Å².